The van der Waals surface area contributed by atoms with Crippen LogP contribution in [0.25, 0.3) is 0 Å². The van der Waals surface area contributed by atoms with E-state index < -0.39 is 0 Å². The van der Waals surface area contributed by atoms with Gasteiger partial charge in [0.15, 0.2) is 0 Å². The second kappa shape index (κ2) is 3.86. The highest BCUT2D eigenvalue weighted by atomic mass is 16.5. The lowest BCUT2D eigenvalue weighted by Crippen LogP contribution is -2.40. The van der Waals surface area contributed by atoms with Gasteiger partial charge < -0.3 is 14.6 Å². The van der Waals surface area contributed by atoms with Gasteiger partial charge in [0.05, 0.1) is 35.9 Å². The number of hydrogen-bond donors (Lipinski definition) is 1. The van der Waals surface area contributed by atoms with Crippen molar-refractivity contribution in [3.63, 3.8) is 0 Å². The SMILES string of the molecule is CNC(C)(C)c1cncn1C1(C)CCOC1. The molecule has 1 atom stereocenters. The van der Waals surface area contributed by atoms with Crippen LogP contribution < -0.4 is 5.32 Å². The monoisotopic (exact) mass is 223 g/mol. The van der Waals surface area contributed by atoms with Crippen LogP contribution in [0.5, 0.6) is 0 Å². The van der Waals surface area contributed by atoms with Gasteiger partial charge in [-0.25, -0.2) is 4.98 Å². The van der Waals surface area contributed by atoms with Crippen molar-refractivity contribution in [2.45, 2.75) is 38.3 Å². The molecule has 4 heteroatoms. The third-order valence-corrected chi connectivity index (χ3v) is 3.68. The van der Waals surface area contributed by atoms with Crippen molar-refractivity contribution < 1.29 is 4.74 Å². The second-order valence-corrected chi connectivity index (χ2v) is 5.32. The van der Waals surface area contributed by atoms with Crippen LogP contribution in [0.15, 0.2) is 12.5 Å². The molecule has 0 saturated carbocycles. The summed E-state index contributed by atoms with van der Waals surface area (Å²) in [5.74, 6) is 0. The van der Waals surface area contributed by atoms with E-state index in [1.807, 2.05) is 19.6 Å². The maximum absolute atomic E-state index is 5.52. The Kier molecular flexibility index (Phi) is 2.80. The van der Waals surface area contributed by atoms with E-state index in [1.54, 1.807) is 0 Å². The second-order valence-electron chi connectivity index (χ2n) is 5.32. The lowest BCUT2D eigenvalue weighted by Gasteiger charge is -2.32. The maximum atomic E-state index is 5.52. The molecule has 1 aliphatic rings. The third-order valence-electron chi connectivity index (χ3n) is 3.68. The molecule has 2 heterocycles. The zero-order valence-electron chi connectivity index (χ0n) is 10.6. The molecule has 1 aliphatic heterocycles. The molecule has 4 nitrogen and oxygen atoms in total. The van der Waals surface area contributed by atoms with Gasteiger partial charge in [0.25, 0.3) is 0 Å². The summed E-state index contributed by atoms with van der Waals surface area (Å²) in [7, 11) is 1.98. The Morgan fingerprint density at radius 2 is 2.31 bits per heavy atom. The molecule has 0 radical (unpaired) electrons. The van der Waals surface area contributed by atoms with Crippen molar-refractivity contribution in [2.24, 2.45) is 0 Å². The van der Waals surface area contributed by atoms with Crippen molar-refractivity contribution in [3.05, 3.63) is 18.2 Å². The summed E-state index contributed by atoms with van der Waals surface area (Å²) in [6, 6.07) is 0. The fourth-order valence-electron chi connectivity index (χ4n) is 2.16. The number of imidazole rings is 1. The Morgan fingerprint density at radius 3 is 2.88 bits per heavy atom. The molecule has 90 valence electrons. The largest absolute Gasteiger partial charge is 0.379 e. The van der Waals surface area contributed by atoms with E-state index in [4.69, 9.17) is 4.74 Å². The quantitative estimate of drug-likeness (QED) is 0.843. The molecular weight excluding hydrogens is 202 g/mol. The summed E-state index contributed by atoms with van der Waals surface area (Å²) < 4.78 is 7.78. The molecule has 1 unspecified atom stereocenters. The van der Waals surface area contributed by atoms with Gasteiger partial charge in [-0.3, -0.25) is 0 Å². The Morgan fingerprint density at radius 1 is 1.56 bits per heavy atom. The van der Waals surface area contributed by atoms with Crippen LogP contribution in [0.1, 0.15) is 32.9 Å². The highest BCUT2D eigenvalue weighted by Crippen LogP contribution is 2.31. The molecule has 1 aromatic rings. The summed E-state index contributed by atoms with van der Waals surface area (Å²) in [4.78, 5) is 4.29. The Balaban J connectivity index is 2.39. The van der Waals surface area contributed by atoms with Gasteiger partial charge in [-0.05, 0) is 34.2 Å². The first-order valence-electron chi connectivity index (χ1n) is 5.79. The van der Waals surface area contributed by atoms with Crippen molar-refractivity contribution in [2.75, 3.05) is 20.3 Å². The summed E-state index contributed by atoms with van der Waals surface area (Å²) >= 11 is 0. The van der Waals surface area contributed by atoms with Gasteiger partial charge in [-0.1, -0.05) is 0 Å². The minimum Gasteiger partial charge on any atom is -0.379 e. The molecule has 1 aromatic heterocycles. The average Bonchev–Trinajstić information content (AvgIpc) is 2.86. The van der Waals surface area contributed by atoms with E-state index in [-0.39, 0.29) is 11.1 Å². The average molecular weight is 223 g/mol. The number of ether oxygens (including phenoxy) is 1. The Labute approximate surface area is 97.0 Å². The highest BCUT2D eigenvalue weighted by molar-refractivity contribution is 5.14. The molecule has 2 rings (SSSR count). The molecule has 0 aromatic carbocycles. The lowest BCUT2D eigenvalue weighted by molar-refractivity contribution is 0.158. The number of nitrogens with one attached hydrogen (secondary N) is 1. The van der Waals surface area contributed by atoms with Crippen LogP contribution in [-0.4, -0.2) is 29.8 Å². The molecule has 16 heavy (non-hydrogen) atoms. The van der Waals surface area contributed by atoms with Gasteiger partial charge in [-0.2, -0.15) is 0 Å². The van der Waals surface area contributed by atoms with Crippen LogP contribution in [0.3, 0.4) is 0 Å². The fraction of sp³-hybridized carbons (Fsp3) is 0.750. The number of aromatic nitrogens is 2. The predicted octanol–water partition coefficient (Wildman–Crippen LogP) is 1.47. The minimum atomic E-state index is -0.0674. The predicted molar refractivity (Wildman–Crippen MR) is 63.4 cm³/mol. The topological polar surface area (TPSA) is 39.1 Å². The third kappa shape index (κ3) is 1.76. The van der Waals surface area contributed by atoms with Crippen LogP contribution in [-0.2, 0) is 15.8 Å². The van der Waals surface area contributed by atoms with Crippen LogP contribution in [0.4, 0.5) is 0 Å². The molecule has 0 amide bonds. The molecule has 0 aliphatic carbocycles. The van der Waals surface area contributed by atoms with E-state index in [0.29, 0.717) is 0 Å². The first-order chi connectivity index (χ1) is 7.49. The molecule has 0 spiro atoms. The summed E-state index contributed by atoms with van der Waals surface area (Å²) in [5, 5.41) is 3.32. The van der Waals surface area contributed by atoms with E-state index in [0.717, 1.165) is 19.6 Å². The fourth-order valence-corrected chi connectivity index (χ4v) is 2.16. The first-order valence-corrected chi connectivity index (χ1v) is 5.79. The van der Waals surface area contributed by atoms with E-state index in [1.165, 1.54) is 5.69 Å². The van der Waals surface area contributed by atoms with E-state index in [9.17, 15) is 0 Å². The van der Waals surface area contributed by atoms with Crippen LogP contribution in [0, 0.1) is 0 Å². The Bertz CT molecular complexity index is 364. The summed E-state index contributed by atoms with van der Waals surface area (Å²) in [6.07, 6.45) is 4.92. The standard InChI is InChI=1S/C12H21N3O/c1-11(2,13-4)10-7-14-9-15(10)12(3)5-6-16-8-12/h7,9,13H,5-6,8H2,1-4H3. The zero-order chi connectivity index (χ0) is 11.8. The molecular formula is C12H21N3O. The van der Waals surface area contributed by atoms with Crippen molar-refractivity contribution >= 4 is 0 Å². The van der Waals surface area contributed by atoms with Crippen LogP contribution in [0.2, 0.25) is 0 Å². The number of nitrogens with zero attached hydrogens (tertiary/aromatic N) is 2. The molecule has 0 bridgehead atoms. The normalized spacial score (nSPS) is 26.2. The van der Waals surface area contributed by atoms with Gasteiger partial charge >= 0.3 is 0 Å². The number of hydrogen-bond acceptors (Lipinski definition) is 3. The van der Waals surface area contributed by atoms with Crippen molar-refractivity contribution in [3.8, 4) is 0 Å². The van der Waals surface area contributed by atoms with Gasteiger partial charge in [0.2, 0.25) is 0 Å². The van der Waals surface area contributed by atoms with Gasteiger partial charge in [0.1, 0.15) is 0 Å². The van der Waals surface area contributed by atoms with Crippen molar-refractivity contribution in [1.82, 2.24) is 14.9 Å². The summed E-state index contributed by atoms with van der Waals surface area (Å²) in [6.45, 7) is 8.18. The van der Waals surface area contributed by atoms with Crippen LogP contribution >= 0.6 is 0 Å². The molecule has 1 N–H and O–H groups in total. The van der Waals surface area contributed by atoms with Crippen molar-refractivity contribution in [1.29, 1.82) is 0 Å². The lowest BCUT2D eigenvalue weighted by atomic mass is 9.96. The molecule has 1 fully saturated rings. The smallest absolute Gasteiger partial charge is 0.0954 e. The Hall–Kier alpha value is -0.870. The zero-order valence-corrected chi connectivity index (χ0v) is 10.6. The van der Waals surface area contributed by atoms with Gasteiger partial charge in [0, 0.05) is 6.61 Å². The van der Waals surface area contributed by atoms with Gasteiger partial charge in [-0.15, -0.1) is 0 Å². The summed E-state index contributed by atoms with van der Waals surface area (Å²) in [5.41, 5.74) is 1.20. The van der Waals surface area contributed by atoms with E-state index >= 15 is 0 Å². The van der Waals surface area contributed by atoms with E-state index in [2.05, 4.69) is 35.6 Å². The molecule has 1 saturated heterocycles. The maximum Gasteiger partial charge on any atom is 0.0954 e. The highest BCUT2D eigenvalue weighted by Gasteiger charge is 2.35. The first kappa shape index (κ1) is 11.6. The number of rotatable bonds is 3. The minimum absolute atomic E-state index is 0.0555.